The Morgan fingerprint density at radius 3 is 2.67 bits per heavy atom. The molecule has 0 unspecified atom stereocenters. The summed E-state index contributed by atoms with van der Waals surface area (Å²) in [6.45, 7) is 0.411. The maximum Gasteiger partial charge on any atom is 0.323 e. The van der Waals surface area contributed by atoms with Crippen LogP contribution in [0.1, 0.15) is 28.0 Å². The number of carbonyl (C=O) groups excluding carboxylic acids is 1. The van der Waals surface area contributed by atoms with Gasteiger partial charge in [-0.15, -0.1) is 0 Å². The summed E-state index contributed by atoms with van der Waals surface area (Å²) in [5.41, 5.74) is 1.57. The van der Waals surface area contributed by atoms with Crippen molar-refractivity contribution < 1.29 is 9.90 Å². The Balaban J connectivity index is 1.90. The van der Waals surface area contributed by atoms with Crippen LogP contribution in [-0.4, -0.2) is 27.6 Å². The van der Waals surface area contributed by atoms with E-state index in [0.29, 0.717) is 13.0 Å². The van der Waals surface area contributed by atoms with E-state index >= 15 is 0 Å². The molecule has 2 aromatic rings. The fourth-order valence-electron chi connectivity index (χ4n) is 1.66. The lowest BCUT2D eigenvalue weighted by molar-refractivity contribution is 0.0946. The van der Waals surface area contributed by atoms with E-state index in [1.807, 2.05) is 24.3 Å². The van der Waals surface area contributed by atoms with Gasteiger partial charge in [0.15, 0.2) is 0 Å². The van der Waals surface area contributed by atoms with Crippen molar-refractivity contribution in [1.29, 1.82) is 0 Å². The van der Waals surface area contributed by atoms with Gasteiger partial charge in [0.25, 0.3) is 5.91 Å². The quantitative estimate of drug-likeness (QED) is 0.611. The molecule has 1 aromatic carbocycles. The summed E-state index contributed by atoms with van der Waals surface area (Å²) in [6, 6.07) is 7.43. The third kappa shape index (κ3) is 4.37. The van der Waals surface area contributed by atoms with Crippen molar-refractivity contribution in [2.24, 2.45) is 0 Å². The number of nitrogens with one attached hydrogen (secondary N) is 3. The van der Waals surface area contributed by atoms with E-state index in [4.69, 9.17) is 5.11 Å². The van der Waals surface area contributed by atoms with Crippen LogP contribution < -0.4 is 11.0 Å². The monoisotopic (exact) mass is 285 g/mol. The van der Waals surface area contributed by atoms with Crippen molar-refractivity contribution in [2.75, 3.05) is 6.61 Å². The zero-order valence-electron chi connectivity index (χ0n) is 11.3. The molecule has 4 N–H and O–H groups in total. The number of hydrogen-bond acceptors (Lipinski definition) is 3. The maximum absolute atomic E-state index is 11.7. The van der Waals surface area contributed by atoms with E-state index in [1.165, 1.54) is 6.20 Å². The average Bonchev–Trinajstić information content (AvgIpc) is 2.93. The SMILES string of the molecule is O=C(NCc1ccc(C#CCCO)cc1)c1c[nH]c(=O)[nH]1. The van der Waals surface area contributed by atoms with E-state index in [2.05, 4.69) is 27.1 Å². The second-order valence-corrected chi connectivity index (χ2v) is 4.31. The fraction of sp³-hybridized carbons (Fsp3) is 0.200. The lowest BCUT2D eigenvalue weighted by Crippen LogP contribution is -2.23. The molecule has 2 rings (SSSR count). The number of carbonyl (C=O) groups is 1. The van der Waals surface area contributed by atoms with Gasteiger partial charge < -0.3 is 20.4 Å². The Kier molecular flexibility index (Phi) is 4.96. The number of imidazole rings is 1. The largest absolute Gasteiger partial charge is 0.395 e. The molecule has 0 aliphatic carbocycles. The van der Waals surface area contributed by atoms with Crippen molar-refractivity contribution in [3.8, 4) is 11.8 Å². The Morgan fingerprint density at radius 2 is 2.05 bits per heavy atom. The molecule has 0 aliphatic rings. The standard InChI is InChI=1S/C15H15N3O3/c19-8-2-1-3-11-4-6-12(7-5-11)9-16-14(20)13-10-17-15(21)18-13/h4-7,10,19H,2,8-9H2,(H,16,20)(H2,17,18,21). The summed E-state index contributed by atoms with van der Waals surface area (Å²) in [4.78, 5) is 27.4. The third-order valence-electron chi connectivity index (χ3n) is 2.72. The predicted octanol–water partition coefficient (Wildman–Crippen LogP) is 0.367. The highest BCUT2D eigenvalue weighted by atomic mass is 16.2. The Bertz CT molecular complexity index is 717. The van der Waals surface area contributed by atoms with Crippen LogP contribution in [0.3, 0.4) is 0 Å². The fourth-order valence-corrected chi connectivity index (χ4v) is 1.66. The molecule has 0 aliphatic heterocycles. The molecule has 0 bridgehead atoms. The number of rotatable bonds is 4. The number of aromatic amines is 2. The molecule has 0 saturated carbocycles. The number of aliphatic hydroxyl groups excluding tert-OH is 1. The van der Waals surface area contributed by atoms with Crippen molar-refractivity contribution in [2.45, 2.75) is 13.0 Å². The number of amides is 1. The van der Waals surface area contributed by atoms with Crippen LogP contribution in [0.5, 0.6) is 0 Å². The van der Waals surface area contributed by atoms with E-state index in [9.17, 15) is 9.59 Å². The van der Waals surface area contributed by atoms with Crippen LogP contribution in [0.4, 0.5) is 0 Å². The number of hydrogen-bond donors (Lipinski definition) is 4. The second kappa shape index (κ2) is 7.12. The maximum atomic E-state index is 11.7. The summed E-state index contributed by atoms with van der Waals surface area (Å²) in [5.74, 6) is 5.42. The molecule has 0 atom stereocenters. The van der Waals surface area contributed by atoms with E-state index in [-0.39, 0.29) is 18.2 Å². The summed E-state index contributed by atoms with van der Waals surface area (Å²) in [6.07, 6.45) is 1.78. The van der Waals surface area contributed by atoms with Crippen molar-refractivity contribution in [1.82, 2.24) is 15.3 Å². The van der Waals surface area contributed by atoms with Gasteiger partial charge in [-0.3, -0.25) is 4.79 Å². The van der Waals surface area contributed by atoms with Gasteiger partial charge in [-0.2, -0.15) is 0 Å². The van der Waals surface area contributed by atoms with Crippen LogP contribution in [0.2, 0.25) is 0 Å². The molecule has 1 amide bonds. The zero-order chi connectivity index (χ0) is 15.1. The minimum absolute atomic E-state index is 0.0539. The molecule has 1 aromatic heterocycles. The molecule has 21 heavy (non-hydrogen) atoms. The topological polar surface area (TPSA) is 98.0 Å². The Labute approximate surface area is 121 Å². The normalized spacial score (nSPS) is 9.76. The minimum atomic E-state index is -0.411. The van der Waals surface area contributed by atoms with Gasteiger partial charge in [-0.1, -0.05) is 24.0 Å². The highest BCUT2D eigenvalue weighted by Gasteiger charge is 2.06. The van der Waals surface area contributed by atoms with Gasteiger partial charge >= 0.3 is 5.69 Å². The average molecular weight is 285 g/mol. The van der Waals surface area contributed by atoms with Gasteiger partial charge in [0.1, 0.15) is 5.69 Å². The molecule has 1 heterocycles. The molecule has 108 valence electrons. The number of aromatic nitrogens is 2. The number of H-pyrrole nitrogens is 2. The number of aliphatic hydroxyl groups is 1. The second-order valence-electron chi connectivity index (χ2n) is 4.31. The van der Waals surface area contributed by atoms with E-state index in [0.717, 1.165) is 11.1 Å². The van der Waals surface area contributed by atoms with Crippen LogP contribution in [0, 0.1) is 11.8 Å². The number of benzene rings is 1. The first-order chi connectivity index (χ1) is 10.2. The lowest BCUT2D eigenvalue weighted by Gasteiger charge is -2.03. The van der Waals surface area contributed by atoms with Gasteiger partial charge in [0, 0.05) is 24.7 Å². The lowest BCUT2D eigenvalue weighted by atomic mass is 10.1. The first-order valence-electron chi connectivity index (χ1n) is 6.43. The highest BCUT2D eigenvalue weighted by Crippen LogP contribution is 2.03. The molecule has 0 radical (unpaired) electrons. The summed E-state index contributed by atoms with van der Waals surface area (Å²) in [5, 5.41) is 11.3. The van der Waals surface area contributed by atoms with Crippen LogP contribution in [-0.2, 0) is 6.54 Å². The Morgan fingerprint density at radius 1 is 1.29 bits per heavy atom. The summed E-state index contributed by atoms with van der Waals surface area (Å²) < 4.78 is 0. The van der Waals surface area contributed by atoms with E-state index < -0.39 is 5.69 Å². The smallest absolute Gasteiger partial charge is 0.323 e. The van der Waals surface area contributed by atoms with E-state index in [1.54, 1.807) is 0 Å². The first kappa shape index (κ1) is 14.6. The molecule has 0 fully saturated rings. The molecular formula is C15H15N3O3. The third-order valence-corrected chi connectivity index (χ3v) is 2.72. The minimum Gasteiger partial charge on any atom is -0.395 e. The van der Waals surface area contributed by atoms with Crippen molar-refractivity contribution in [3.05, 3.63) is 57.8 Å². The Hall–Kier alpha value is -2.78. The van der Waals surface area contributed by atoms with Gasteiger partial charge in [0.05, 0.1) is 6.61 Å². The highest BCUT2D eigenvalue weighted by molar-refractivity contribution is 5.91. The summed E-state index contributed by atoms with van der Waals surface area (Å²) in [7, 11) is 0. The van der Waals surface area contributed by atoms with Crippen LogP contribution >= 0.6 is 0 Å². The van der Waals surface area contributed by atoms with Gasteiger partial charge in [-0.25, -0.2) is 4.79 Å². The summed E-state index contributed by atoms with van der Waals surface area (Å²) >= 11 is 0. The molecule has 6 nitrogen and oxygen atoms in total. The van der Waals surface area contributed by atoms with Gasteiger partial charge in [-0.05, 0) is 17.7 Å². The van der Waals surface area contributed by atoms with Crippen LogP contribution in [0.25, 0.3) is 0 Å². The molecule has 6 heteroatoms. The predicted molar refractivity (Wildman–Crippen MR) is 77.6 cm³/mol. The molecule has 0 saturated heterocycles. The van der Waals surface area contributed by atoms with Gasteiger partial charge in [0.2, 0.25) is 0 Å². The first-order valence-corrected chi connectivity index (χ1v) is 6.43. The zero-order valence-corrected chi connectivity index (χ0v) is 11.3. The molecular weight excluding hydrogens is 270 g/mol. The van der Waals surface area contributed by atoms with Crippen molar-refractivity contribution in [3.63, 3.8) is 0 Å². The molecule has 0 spiro atoms. The van der Waals surface area contributed by atoms with Crippen LogP contribution in [0.15, 0.2) is 35.3 Å². The van der Waals surface area contributed by atoms with Crippen molar-refractivity contribution >= 4 is 5.91 Å².